The van der Waals surface area contributed by atoms with Crippen LogP contribution in [0.5, 0.6) is 0 Å². The van der Waals surface area contributed by atoms with E-state index in [2.05, 4.69) is 6.92 Å². The van der Waals surface area contributed by atoms with Gasteiger partial charge in [-0.15, -0.1) is 0 Å². The second kappa shape index (κ2) is 7.71. The van der Waals surface area contributed by atoms with Crippen molar-refractivity contribution < 1.29 is 12.9 Å². The van der Waals surface area contributed by atoms with E-state index in [1.165, 1.54) is 0 Å². The molecule has 0 saturated heterocycles. The lowest BCUT2D eigenvalue weighted by Crippen LogP contribution is -2.14. The Morgan fingerprint density at radius 3 is 2.42 bits per heavy atom. The molecule has 0 rings (SSSR count). The summed E-state index contributed by atoms with van der Waals surface area (Å²) in [7, 11) is 0. The van der Waals surface area contributed by atoms with Crippen LogP contribution in [0.3, 0.4) is 0 Å². The highest BCUT2D eigenvalue weighted by Gasteiger charge is 2.07. The molecule has 12 heavy (non-hydrogen) atoms. The molecule has 0 saturated carbocycles. The Kier molecular flexibility index (Phi) is 7.75. The normalized spacial score (nSPS) is 15.9. The summed E-state index contributed by atoms with van der Waals surface area (Å²) in [6.45, 7) is 4.10. The van der Waals surface area contributed by atoms with Gasteiger partial charge in [0.05, 0.1) is 17.5 Å². The molecule has 2 atom stereocenters. The first-order chi connectivity index (χ1) is 5.70. The van der Waals surface area contributed by atoms with Gasteiger partial charge in [-0.2, -0.15) is 0 Å². The number of hydrogen-bond acceptors (Lipinski definition) is 3. The zero-order chi connectivity index (χ0) is 9.40. The van der Waals surface area contributed by atoms with Gasteiger partial charge in [-0.25, -0.2) is 4.21 Å². The van der Waals surface area contributed by atoms with Crippen molar-refractivity contribution in [1.82, 2.24) is 0 Å². The standard InChI is InChI=1S/C8H18O3S/c1-3-5-7-8(6-4-2)11-12(9)10/h8H,3-7H2,1-2H3,(H,9,10)/p-1. The molecule has 0 N–H and O–H groups in total. The van der Waals surface area contributed by atoms with Gasteiger partial charge >= 0.3 is 0 Å². The molecule has 0 aromatic heterocycles. The van der Waals surface area contributed by atoms with E-state index < -0.39 is 11.4 Å². The predicted octanol–water partition coefficient (Wildman–Crippen LogP) is 2.16. The third kappa shape index (κ3) is 6.76. The van der Waals surface area contributed by atoms with E-state index in [1.807, 2.05) is 6.92 Å². The maximum absolute atomic E-state index is 10.2. The van der Waals surface area contributed by atoms with Crippen LogP contribution in [0.15, 0.2) is 0 Å². The summed E-state index contributed by atoms with van der Waals surface area (Å²) >= 11 is -2.35. The lowest BCUT2D eigenvalue weighted by molar-refractivity contribution is 0.177. The van der Waals surface area contributed by atoms with Crippen LogP contribution < -0.4 is 0 Å². The molecule has 0 bridgehead atoms. The topological polar surface area (TPSA) is 49.4 Å². The van der Waals surface area contributed by atoms with Gasteiger partial charge in [0.1, 0.15) is 0 Å². The molecule has 0 fully saturated rings. The van der Waals surface area contributed by atoms with Gasteiger partial charge < -0.3 is 4.55 Å². The maximum Gasteiger partial charge on any atom is 0.0844 e. The number of unbranched alkanes of at least 4 members (excludes halogenated alkanes) is 1. The van der Waals surface area contributed by atoms with Crippen LogP contribution in [0.4, 0.5) is 0 Å². The van der Waals surface area contributed by atoms with Crippen molar-refractivity contribution in [2.45, 2.75) is 52.1 Å². The van der Waals surface area contributed by atoms with Crippen molar-refractivity contribution in [2.24, 2.45) is 0 Å². The van der Waals surface area contributed by atoms with Gasteiger partial charge in [-0.3, -0.25) is 4.18 Å². The zero-order valence-corrected chi connectivity index (χ0v) is 8.56. The van der Waals surface area contributed by atoms with Crippen molar-refractivity contribution in [1.29, 1.82) is 0 Å². The molecule has 0 aliphatic carbocycles. The smallest absolute Gasteiger partial charge is 0.0844 e. The van der Waals surface area contributed by atoms with Crippen LogP contribution in [0.2, 0.25) is 0 Å². The summed E-state index contributed by atoms with van der Waals surface area (Å²) in [4.78, 5) is 0. The Hall–Kier alpha value is 0.0700. The van der Waals surface area contributed by atoms with Gasteiger partial charge in [-0.05, 0) is 12.8 Å². The molecule has 74 valence electrons. The molecule has 2 unspecified atom stereocenters. The Balaban J connectivity index is 3.61. The van der Waals surface area contributed by atoms with E-state index >= 15 is 0 Å². The van der Waals surface area contributed by atoms with Gasteiger partial charge in [0.15, 0.2) is 0 Å². The van der Waals surface area contributed by atoms with Crippen LogP contribution in [0.1, 0.15) is 46.0 Å². The van der Waals surface area contributed by atoms with Gasteiger partial charge in [0, 0.05) is 0 Å². The zero-order valence-electron chi connectivity index (χ0n) is 7.75. The van der Waals surface area contributed by atoms with Crippen LogP contribution >= 0.6 is 0 Å². The van der Waals surface area contributed by atoms with Gasteiger partial charge in [0.2, 0.25) is 0 Å². The summed E-state index contributed by atoms with van der Waals surface area (Å²) in [5.41, 5.74) is 0. The van der Waals surface area contributed by atoms with Gasteiger partial charge in [0.25, 0.3) is 0 Å². The Morgan fingerprint density at radius 2 is 2.00 bits per heavy atom. The van der Waals surface area contributed by atoms with Crippen molar-refractivity contribution in [3.8, 4) is 0 Å². The van der Waals surface area contributed by atoms with E-state index in [4.69, 9.17) is 4.18 Å². The fourth-order valence-electron chi connectivity index (χ4n) is 1.11. The molecule has 0 aliphatic heterocycles. The summed E-state index contributed by atoms with van der Waals surface area (Å²) in [6.07, 6.45) is 4.64. The molecule has 0 radical (unpaired) electrons. The van der Waals surface area contributed by atoms with Crippen LogP contribution in [-0.4, -0.2) is 14.9 Å². The number of rotatable bonds is 7. The van der Waals surface area contributed by atoms with E-state index in [1.54, 1.807) is 0 Å². The quantitative estimate of drug-likeness (QED) is 0.582. The average Bonchev–Trinajstić information content (AvgIpc) is 2.00. The maximum atomic E-state index is 10.2. The number of hydrogen-bond donors (Lipinski definition) is 0. The first-order valence-electron chi connectivity index (χ1n) is 4.47. The highest BCUT2D eigenvalue weighted by Crippen LogP contribution is 2.11. The average molecular weight is 193 g/mol. The molecule has 0 aromatic carbocycles. The molecule has 0 heterocycles. The van der Waals surface area contributed by atoms with E-state index in [9.17, 15) is 8.76 Å². The summed E-state index contributed by atoms with van der Waals surface area (Å²) in [5, 5.41) is 0. The highest BCUT2D eigenvalue weighted by atomic mass is 32.2. The lowest BCUT2D eigenvalue weighted by Gasteiger charge is -2.17. The van der Waals surface area contributed by atoms with Crippen LogP contribution in [-0.2, 0) is 15.5 Å². The Morgan fingerprint density at radius 1 is 1.33 bits per heavy atom. The molecule has 0 spiro atoms. The second-order valence-corrected chi connectivity index (χ2v) is 3.45. The fourth-order valence-corrected chi connectivity index (χ4v) is 1.52. The molecular formula is C8H17O3S-. The van der Waals surface area contributed by atoms with Crippen molar-refractivity contribution in [2.75, 3.05) is 0 Å². The molecular weight excluding hydrogens is 176 g/mol. The minimum atomic E-state index is -2.35. The van der Waals surface area contributed by atoms with E-state index in [0.717, 1.165) is 32.1 Å². The Labute approximate surface area is 77.0 Å². The largest absolute Gasteiger partial charge is 0.750 e. The lowest BCUT2D eigenvalue weighted by atomic mass is 10.1. The van der Waals surface area contributed by atoms with E-state index in [0.29, 0.717) is 0 Å². The van der Waals surface area contributed by atoms with Gasteiger partial charge in [-0.1, -0.05) is 33.1 Å². The predicted molar refractivity (Wildman–Crippen MR) is 48.2 cm³/mol. The third-order valence-electron chi connectivity index (χ3n) is 1.70. The van der Waals surface area contributed by atoms with Crippen LogP contribution in [0, 0.1) is 0 Å². The molecule has 0 aromatic rings. The molecule has 0 aliphatic rings. The summed E-state index contributed by atoms with van der Waals surface area (Å²) in [5.74, 6) is 0. The van der Waals surface area contributed by atoms with Crippen molar-refractivity contribution >= 4 is 11.4 Å². The molecule has 0 amide bonds. The highest BCUT2D eigenvalue weighted by molar-refractivity contribution is 7.74. The van der Waals surface area contributed by atoms with E-state index in [-0.39, 0.29) is 6.10 Å². The SMILES string of the molecule is CCCCC(CCC)OS(=O)[O-]. The monoisotopic (exact) mass is 193 g/mol. The minimum absolute atomic E-state index is 0.103. The second-order valence-electron chi connectivity index (χ2n) is 2.85. The minimum Gasteiger partial charge on any atom is -0.750 e. The fraction of sp³-hybridized carbons (Fsp3) is 1.00. The summed E-state index contributed by atoms with van der Waals surface area (Å²) < 4.78 is 25.2. The first-order valence-corrected chi connectivity index (χ1v) is 5.47. The third-order valence-corrected chi connectivity index (χ3v) is 2.13. The molecule has 3 nitrogen and oxygen atoms in total. The Bertz CT molecular complexity index is 127. The van der Waals surface area contributed by atoms with Crippen LogP contribution in [0.25, 0.3) is 0 Å². The summed E-state index contributed by atoms with van der Waals surface area (Å²) in [6, 6.07) is 0. The first kappa shape index (κ1) is 12.1. The van der Waals surface area contributed by atoms with Crippen molar-refractivity contribution in [3.05, 3.63) is 0 Å². The van der Waals surface area contributed by atoms with Crippen molar-refractivity contribution in [3.63, 3.8) is 0 Å². The molecule has 4 heteroatoms.